The Kier molecular flexibility index (Phi) is 5.76. The van der Waals surface area contributed by atoms with E-state index in [0.717, 1.165) is 17.0 Å². The maximum atomic E-state index is 13.1. The number of methoxy groups -OCH3 is 1. The smallest absolute Gasteiger partial charge is 0.241 e. The number of hydrogen-bond acceptors (Lipinski definition) is 4. The number of benzene rings is 2. The fourth-order valence-electron chi connectivity index (χ4n) is 3.41. The first-order valence-electron chi connectivity index (χ1n) is 9.00. The third-order valence-electron chi connectivity index (χ3n) is 4.62. The van der Waals surface area contributed by atoms with Crippen LogP contribution in [0.15, 0.2) is 48.5 Å². The van der Waals surface area contributed by atoms with Gasteiger partial charge in [0.2, 0.25) is 11.8 Å². The van der Waals surface area contributed by atoms with Crippen LogP contribution in [-0.4, -0.2) is 43.5 Å². The highest BCUT2D eigenvalue weighted by Crippen LogP contribution is 2.31. The minimum Gasteiger partial charge on any atom is -0.497 e. The first kappa shape index (κ1) is 18.9. The Morgan fingerprint density at radius 3 is 2.81 bits per heavy atom. The summed E-state index contributed by atoms with van der Waals surface area (Å²) in [5, 5.41) is 2.88. The number of rotatable bonds is 5. The van der Waals surface area contributed by atoms with Crippen molar-refractivity contribution in [3.05, 3.63) is 54.1 Å². The molecule has 0 unspecified atom stereocenters. The molecule has 1 atom stereocenters. The highest BCUT2D eigenvalue weighted by molar-refractivity contribution is 6.04. The van der Waals surface area contributed by atoms with Gasteiger partial charge in [0.15, 0.2) is 0 Å². The molecule has 0 spiro atoms. The molecule has 1 aliphatic rings. The van der Waals surface area contributed by atoms with Gasteiger partial charge in [-0.1, -0.05) is 24.3 Å². The number of likely N-dealkylation sites (N-methyl/N-ethyl adjacent to an activating group) is 1. The summed E-state index contributed by atoms with van der Waals surface area (Å²) >= 11 is 0. The van der Waals surface area contributed by atoms with Crippen LogP contribution in [0.5, 0.6) is 5.75 Å². The van der Waals surface area contributed by atoms with Gasteiger partial charge in [0.1, 0.15) is 5.75 Å². The average molecular weight is 367 g/mol. The van der Waals surface area contributed by atoms with E-state index in [4.69, 9.17) is 4.74 Å². The lowest BCUT2D eigenvalue weighted by atomic mass is 10.1. The van der Waals surface area contributed by atoms with Crippen molar-refractivity contribution in [3.63, 3.8) is 0 Å². The fraction of sp³-hybridized carbons (Fsp3) is 0.333. The number of para-hydroxylation sites is 2. The summed E-state index contributed by atoms with van der Waals surface area (Å²) in [4.78, 5) is 28.8. The Hall–Kier alpha value is -2.86. The zero-order chi connectivity index (χ0) is 19.4. The van der Waals surface area contributed by atoms with Crippen molar-refractivity contribution >= 4 is 23.2 Å². The largest absolute Gasteiger partial charge is 0.497 e. The minimum atomic E-state index is -0.202. The summed E-state index contributed by atoms with van der Waals surface area (Å²) in [6.45, 7) is 2.79. The summed E-state index contributed by atoms with van der Waals surface area (Å²) in [5.41, 5.74) is 2.50. The molecule has 0 aromatic heterocycles. The number of hydrogen-bond donors (Lipinski definition) is 1. The number of anilines is 2. The van der Waals surface area contributed by atoms with Crippen LogP contribution in [0.2, 0.25) is 0 Å². The van der Waals surface area contributed by atoms with Gasteiger partial charge in [-0.15, -0.1) is 0 Å². The van der Waals surface area contributed by atoms with Crippen LogP contribution in [0.4, 0.5) is 11.4 Å². The lowest BCUT2D eigenvalue weighted by Crippen LogP contribution is -2.44. The predicted molar refractivity (Wildman–Crippen MR) is 106 cm³/mol. The third kappa shape index (κ3) is 4.46. The molecule has 6 nitrogen and oxygen atoms in total. The van der Waals surface area contributed by atoms with E-state index < -0.39 is 0 Å². The first-order chi connectivity index (χ1) is 13.0. The predicted octanol–water partition coefficient (Wildman–Crippen LogP) is 2.89. The summed E-state index contributed by atoms with van der Waals surface area (Å²) in [6.07, 6.45) is 0.278. The number of nitrogens with zero attached hydrogens (tertiary/aromatic N) is 2. The number of fused-ring (bicyclic) bond motifs is 1. The standard InChI is InChI=1S/C21H25N3O3/c1-15-11-20(25)22-18-9-4-5-10-19(18)24(15)21(26)14-23(2)13-16-7-6-8-17(12-16)27-3/h4-10,12,15H,11,13-14H2,1-3H3,(H,22,25)/t15-/m0/s1. The van der Waals surface area contributed by atoms with E-state index in [2.05, 4.69) is 5.32 Å². The molecule has 1 aliphatic heterocycles. The quantitative estimate of drug-likeness (QED) is 0.883. The number of ether oxygens (including phenoxy) is 1. The fourth-order valence-corrected chi connectivity index (χ4v) is 3.41. The van der Waals surface area contributed by atoms with Crippen molar-refractivity contribution in [1.29, 1.82) is 0 Å². The minimum absolute atomic E-state index is 0.0307. The molecule has 27 heavy (non-hydrogen) atoms. The SMILES string of the molecule is COc1cccc(CN(C)CC(=O)N2c3ccccc3NC(=O)C[C@@H]2C)c1. The van der Waals surface area contributed by atoms with Gasteiger partial charge < -0.3 is 15.0 Å². The van der Waals surface area contributed by atoms with Crippen LogP contribution < -0.4 is 15.0 Å². The number of nitrogens with one attached hydrogen (secondary N) is 1. The average Bonchev–Trinajstić information content (AvgIpc) is 2.75. The molecule has 2 aromatic carbocycles. The second-order valence-corrected chi connectivity index (χ2v) is 6.91. The highest BCUT2D eigenvalue weighted by atomic mass is 16.5. The van der Waals surface area contributed by atoms with Crippen LogP contribution in [0, 0.1) is 0 Å². The van der Waals surface area contributed by atoms with E-state index in [1.165, 1.54) is 0 Å². The molecule has 142 valence electrons. The van der Waals surface area contributed by atoms with Gasteiger partial charge in [0.25, 0.3) is 0 Å². The Balaban J connectivity index is 1.75. The third-order valence-corrected chi connectivity index (χ3v) is 4.62. The van der Waals surface area contributed by atoms with Crippen LogP contribution in [0.1, 0.15) is 18.9 Å². The van der Waals surface area contributed by atoms with Crippen molar-refractivity contribution in [3.8, 4) is 5.75 Å². The summed E-state index contributed by atoms with van der Waals surface area (Å²) in [5.74, 6) is 0.693. The molecule has 0 aliphatic carbocycles. The van der Waals surface area contributed by atoms with E-state index in [9.17, 15) is 9.59 Å². The zero-order valence-corrected chi connectivity index (χ0v) is 15.9. The van der Waals surface area contributed by atoms with Gasteiger partial charge in [-0.05, 0) is 43.8 Å². The van der Waals surface area contributed by atoms with E-state index >= 15 is 0 Å². The van der Waals surface area contributed by atoms with Gasteiger partial charge in [-0.25, -0.2) is 0 Å². The molecule has 1 N–H and O–H groups in total. The Morgan fingerprint density at radius 1 is 1.26 bits per heavy atom. The lowest BCUT2D eigenvalue weighted by molar-refractivity contribution is -0.120. The van der Waals surface area contributed by atoms with Gasteiger partial charge >= 0.3 is 0 Å². The van der Waals surface area contributed by atoms with Crippen molar-refractivity contribution in [2.45, 2.75) is 25.9 Å². The van der Waals surface area contributed by atoms with E-state index in [1.54, 1.807) is 12.0 Å². The summed E-state index contributed by atoms with van der Waals surface area (Å²) in [6, 6.07) is 15.0. The maximum absolute atomic E-state index is 13.1. The van der Waals surface area contributed by atoms with Crippen LogP contribution in [-0.2, 0) is 16.1 Å². The maximum Gasteiger partial charge on any atom is 0.241 e. The van der Waals surface area contributed by atoms with Crippen molar-refractivity contribution in [2.24, 2.45) is 0 Å². The number of carbonyl (C=O) groups excluding carboxylic acids is 2. The van der Waals surface area contributed by atoms with Crippen molar-refractivity contribution in [2.75, 3.05) is 30.9 Å². The highest BCUT2D eigenvalue weighted by Gasteiger charge is 2.29. The van der Waals surface area contributed by atoms with Crippen molar-refractivity contribution in [1.82, 2.24) is 4.90 Å². The molecule has 3 rings (SSSR count). The topological polar surface area (TPSA) is 61.9 Å². The molecule has 6 heteroatoms. The van der Waals surface area contributed by atoms with Gasteiger partial charge in [0, 0.05) is 19.0 Å². The first-order valence-corrected chi connectivity index (χ1v) is 9.00. The van der Waals surface area contributed by atoms with Crippen LogP contribution in [0.25, 0.3) is 0 Å². The van der Waals surface area contributed by atoms with Crippen LogP contribution in [0.3, 0.4) is 0 Å². The molecule has 0 saturated carbocycles. The Morgan fingerprint density at radius 2 is 2.04 bits per heavy atom. The monoisotopic (exact) mass is 367 g/mol. The molecule has 1 heterocycles. The van der Waals surface area contributed by atoms with Gasteiger partial charge in [-0.3, -0.25) is 14.5 Å². The molecular formula is C21H25N3O3. The lowest BCUT2D eigenvalue weighted by Gasteiger charge is -2.29. The second-order valence-electron chi connectivity index (χ2n) is 6.91. The van der Waals surface area contributed by atoms with Gasteiger partial charge in [-0.2, -0.15) is 0 Å². The molecule has 2 aromatic rings. The molecule has 0 fully saturated rings. The summed E-state index contributed by atoms with van der Waals surface area (Å²) in [7, 11) is 3.55. The molecule has 2 amide bonds. The molecule has 0 radical (unpaired) electrons. The molecule has 0 saturated heterocycles. The summed E-state index contributed by atoms with van der Waals surface area (Å²) < 4.78 is 5.26. The Bertz CT molecular complexity index is 837. The van der Waals surface area contributed by atoms with Gasteiger partial charge in [0.05, 0.1) is 25.0 Å². The zero-order valence-electron chi connectivity index (χ0n) is 15.9. The van der Waals surface area contributed by atoms with E-state index in [1.807, 2.05) is 67.4 Å². The number of amides is 2. The Labute approximate surface area is 159 Å². The number of carbonyl (C=O) groups is 2. The van der Waals surface area contributed by atoms with Crippen molar-refractivity contribution < 1.29 is 14.3 Å². The molecule has 0 bridgehead atoms. The normalized spacial score (nSPS) is 16.5. The van der Waals surface area contributed by atoms with E-state index in [-0.39, 0.29) is 30.8 Å². The van der Waals surface area contributed by atoms with Crippen LogP contribution >= 0.6 is 0 Å². The molecular weight excluding hydrogens is 342 g/mol. The second kappa shape index (κ2) is 8.22. The van der Waals surface area contributed by atoms with E-state index in [0.29, 0.717) is 12.2 Å².